The number of allylic oxidation sites excluding steroid dienone is 9. The van der Waals surface area contributed by atoms with Gasteiger partial charge in [0.05, 0.1) is 32.0 Å². The van der Waals surface area contributed by atoms with Gasteiger partial charge in [-0.1, -0.05) is 171 Å². The lowest BCUT2D eigenvalue weighted by atomic mass is 9.97. The Balaban J connectivity index is 1.85. The Hall–Kier alpha value is -2.31. The molecule has 0 aromatic carbocycles. The van der Waals surface area contributed by atoms with Gasteiger partial charge in [-0.05, 0) is 70.6 Å². The van der Waals surface area contributed by atoms with Crippen LogP contribution < -0.4 is 5.32 Å². The zero-order chi connectivity index (χ0) is 50.3. The summed E-state index contributed by atoms with van der Waals surface area (Å²) >= 11 is 0. The number of carbonyl (C=O) groups is 1. The molecule has 12 atom stereocenters. The van der Waals surface area contributed by atoms with Crippen molar-refractivity contribution in [3.8, 4) is 0 Å². The SMILES string of the molecule is CCCCC/C=C\C/C=C\C/C=C\CCCCCCCCC(=O)NC(COC1OC(CO)C(OC2OC(CO)C(O)C(O)C2O)C(O)C1O)C(O)/C=C/CC/C=C/CCCCCCCCCCCC. The van der Waals surface area contributed by atoms with Crippen LogP contribution in [0.15, 0.2) is 60.8 Å². The second-order valence-corrected chi connectivity index (χ2v) is 19.0. The smallest absolute Gasteiger partial charge is 0.220 e. The largest absolute Gasteiger partial charge is 0.394 e. The summed E-state index contributed by atoms with van der Waals surface area (Å²) in [5.41, 5.74) is 0. The molecule has 69 heavy (non-hydrogen) atoms. The molecule has 0 aromatic rings. The van der Waals surface area contributed by atoms with Crippen LogP contribution >= 0.6 is 0 Å². The Kier molecular flexibility index (Phi) is 37.5. The predicted molar refractivity (Wildman–Crippen MR) is 272 cm³/mol. The maximum Gasteiger partial charge on any atom is 0.220 e. The van der Waals surface area contributed by atoms with Crippen molar-refractivity contribution in [2.75, 3.05) is 19.8 Å². The first kappa shape index (κ1) is 62.8. The lowest BCUT2D eigenvalue weighted by Gasteiger charge is -2.46. The van der Waals surface area contributed by atoms with E-state index in [-0.39, 0.29) is 18.9 Å². The molecule has 2 aliphatic heterocycles. The van der Waals surface area contributed by atoms with Gasteiger partial charge >= 0.3 is 0 Å². The molecule has 2 heterocycles. The average Bonchev–Trinajstić information content (AvgIpc) is 3.35. The van der Waals surface area contributed by atoms with Crippen molar-refractivity contribution in [1.82, 2.24) is 5.32 Å². The molecule has 2 fully saturated rings. The van der Waals surface area contributed by atoms with E-state index in [0.29, 0.717) is 12.8 Å². The van der Waals surface area contributed by atoms with E-state index in [4.69, 9.17) is 18.9 Å². The molecule has 2 aliphatic rings. The van der Waals surface area contributed by atoms with E-state index in [1.54, 1.807) is 6.08 Å². The lowest BCUT2D eigenvalue weighted by Crippen LogP contribution is -2.65. The van der Waals surface area contributed by atoms with Crippen LogP contribution in [0.2, 0.25) is 0 Å². The summed E-state index contributed by atoms with van der Waals surface area (Å²) in [4.78, 5) is 13.2. The number of unbranched alkanes of at least 4 members (excludes halogenated alkanes) is 20. The third-order valence-corrected chi connectivity index (χ3v) is 12.9. The first-order valence-electron chi connectivity index (χ1n) is 27.0. The van der Waals surface area contributed by atoms with Gasteiger partial charge in [-0.25, -0.2) is 0 Å². The molecule has 0 radical (unpaired) electrons. The maximum atomic E-state index is 13.2. The molecular formula is C55H97NO13. The van der Waals surface area contributed by atoms with Gasteiger partial charge in [0.2, 0.25) is 5.91 Å². The van der Waals surface area contributed by atoms with Crippen LogP contribution in [-0.4, -0.2) is 140 Å². The molecule has 14 heteroatoms. The molecule has 12 unspecified atom stereocenters. The Morgan fingerprint density at radius 2 is 0.971 bits per heavy atom. The van der Waals surface area contributed by atoms with Crippen LogP contribution in [0.5, 0.6) is 0 Å². The first-order chi connectivity index (χ1) is 33.6. The van der Waals surface area contributed by atoms with E-state index in [1.165, 1.54) is 89.9 Å². The Bertz CT molecular complexity index is 1390. The number of nitrogens with one attached hydrogen (secondary N) is 1. The molecule has 0 saturated carbocycles. The van der Waals surface area contributed by atoms with Gasteiger partial charge in [0.15, 0.2) is 12.6 Å². The van der Waals surface area contributed by atoms with Gasteiger partial charge in [0.1, 0.15) is 48.8 Å². The summed E-state index contributed by atoms with van der Waals surface area (Å²) < 4.78 is 22.7. The van der Waals surface area contributed by atoms with E-state index in [2.05, 4.69) is 67.8 Å². The first-order valence-corrected chi connectivity index (χ1v) is 27.0. The van der Waals surface area contributed by atoms with Crippen molar-refractivity contribution >= 4 is 5.91 Å². The normalized spacial score (nSPS) is 26.6. The number of carbonyl (C=O) groups excluding carboxylic acids is 1. The third-order valence-electron chi connectivity index (χ3n) is 12.9. The van der Waals surface area contributed by atoms with Crippen LogP contribution in [-0.2, 0) is 23.7 Å². The van der Waals surface area contributed by atoms with Gasteiger partial charge in [0.25, 0.3) is 0 Å². The Morgan fingerprint density at radius 1 is 0.522 bits per heavy atom. The van der Waals surface area contributed by atoms with Crippen LogP contribution in [0.4, 0.5) is 0 Å². The number of hydrogen-bond donors (Lipinski definition) is 9. The zero-order valence-electron chi connectivity index (χ0n) is 42.5. The van der Waals surface area contributed by atoms with E-state index < -0.39 is 86.8 Å². The second kappa shape index (κ2) is 41.2. The number of amides is 1. The summed E-state index contributed by atoms with van der Waals surface area (Å²) in [5, 5.41) is 86.8. The van der Waals surface area contributed by atoms with Crippen LogP contribution in [0.25, 0.3) is 0 Å². The molecular weight excluding hydrogens is 883 g/mol. The number of ether oxygens (including phenoxy) is 4. The minimum atomic E-state index is -1.79. The van der Waals surface area contributed by atoms with E-state index in [9.17, 15) is 45.6 Å². The fraction of sp³-hybridized carbons (Fsp3) is 0.800. The third kappa shape index (κ3) is 27.9. The summed E-state index contributed by atoms with van der Waals surface area (Å²) in [6, 6.07) is -0.940. The summed E-state index contributed by atoms with van der Waals surface area (Å²) in [6.07, 6.45) is 33.9. The second-order valence-electron chi connectivity index (χ2n) is 19.0. The molecule has 0 aromatic heterocycles. The van der Waals surface area contributed by atoms with E-state index in [1.807, 2.05) is 6.08 Å². The topological polar surface area (TPSA) is 228 Å². The highest BCUT2D eigenvalue weighted by atomic mass is 16.7. The highest BCUT2D eigenvalue weighted by Gasteiger charge is 2.51. The highest BCUT2D eigenvalue weighted by Crippen LogP contribution is 2.30. The molecule has 0 aliphatic carbocycles. The van der Waals surface area contributed by atoms with Gasteiger partial charge in [0, 0.05) is 6.42 Å². The van der Waals surface area contributed by atoms with Crippen molar-refractivity contribution in [3.05, 3.63) is 60.8 Å². The van der Waals surface area contributed by atoms with Crippen molar-refractivity contribution in [1.29, 1.82) is 0 Å². The van der Waals surface area contributed by atoms with E-state index in [0.717, 1.165) is 64.2 Å². The zero-order valence-corrected chi connectivity index (χ0v) is 42.5. The van der Waals surface area contributed by atoms with Crippen LogP contribution in [0.1, 0.15) is 187 Å². The number of aliphatic hydroxyl groups is 8. The van der Waals surface area contributed by atoms with Gasteiger partial charge in [-0.3, -0.25) is 4.79 Å². The summed E-state index contributed by atoms with van der Waals surface area (Å²) in [7, 11) is 0. The minimum absolute atomic E-state index is 0.256. The Labute approximate surface area is 416 Å². The van der Waals surface area contributed by atoms with Crippen molar-refractivity contribution < 1.29 is 64.6 Å². The highest BCUT2D eigenvalue weighted by molar-refractivity contribution is 5.76. The van der Waals surface area contributed by atoms with Crippen molar-refractivity contribution in [2.24, 2.45) is 0 Å². The molecule has 2 rings (SSSR count). The molecule has 400 valence electrons. The molecule has 0 spiro atoms. The average molecular weight is 980 g/mol. The van der Waals surface area contributed by atoms with Gasteiger partial charge < -0.3 is 65.1 Å². The minimum Gasteiger partial charge on any atom is -0.394 e. The number of aliphatic hydroxyl groups excluding tert-OH is 8. The Morgan fingerprint density at radius 3 is 1.55 bits per heavy atom. The van der Waals surface area contributed by atoms with Crippen molar-refractivity contribution in [3.63, 3.8) is 0 Å². The quantitative estimate of drug-likeness (QED) is 0.0211. The predicted octanol–water partition coefficient (Wildman–Crippen LogP) is 7.83. The summed E-state index contributed by atoms with van der Waals surface area (Å²) in [6.45, 7) is 2.72. The lowest BCUT2D eigenvalue weighted by molar-refractivity contribution is -0.359. The van der Waals surface area contributed by atoms with Gasteiger partial charge in [-0.15, -0.1) is 0 Å². The fourth-order valence-corrected chi connectivity index (χ4v) is 8.49. The molecule has 9 N–H and O–H groups in total. The molecule has 14 nitrogen and oxygen atoms in total. The molecule has 1 amide bonds. The van der Waals surface area contributed by atoms with Crippen LogP contribution in [0.3, 0.4) is 0 Å². The number of hydrogen-bond acceptors (Lipinski definition) is 13. The van der Waals surface area contributed by atoms with E-state index >= 15 is 0 Å². The molecule has 0 bridgehead atoms. The monoisotopic (exact) mass is 980 g/mol. The van der Waals surface area contributed by atoms with Gasteiger partial charge in [-0.2, -0.15) is 0 Å². The number of rotatable bonds is 41. The molecule has 2 saturated heterocycles. The maximum absolute atomic E-state index is 13.2. The van der Waals surface area contributed by atoms with Crippen LogP contribution in [0, 0.1) is 0 Å². The summed E-state index contributed by atoms with van der Waals surface area (Å²) in [5.74, 6) is -0.264. The standard InChI is InChI=1S/C55H97NO13/c1-3-5-7-9-11-13-15-17-19-21-22-23-25-27-29-31-33-35-37-39-47(60)56-43(44(59)38-36-34-32-30-28-26-24-20-18-16-14-12-10-8-6-4-2)42-66-54-52(65)50(63)53(46(41-58)68-54)69-55-51(64)49(62)48(61)45(40-57)67-55/h11,13,17,19,22-23,28,30,36,38,43-46,48-55,57-59,61-65H,3-10,12,14-16,18,20-21,24-27,29,31-35,37,39-42H2,1-2H3,(H,56,60)/b13-11-,19-17-,23-22-,30-28+,38-36+. The fourth-order valence-electron chi connectivity index (χ4n) is 8.49. The van der Waals surface area contributed by atoms with Crippen molar-refractivity contribution in [2.45, 2.75) is 261 Å².